The number of amides is 1. The molecule has 1 atom stereocenters. The lowest BCUT2D eigenvalue weighted by atomic mass is 9.99. The fourth-order valence-corrected chi connectivity index (χ4v) is 3.98. The summed E-state index contributed by atoms with van der Waals surface area (Å²) in [4.78, 5) is 18.9. The van der Waals surface area contributed by atoms with Crippen LogP contribution in [0.2, 0.25) is 0 Å². The third-order valence-corrected chi connectivity index (χ3v) is 5.49. The SMILES string of the molecule is Cc1csc(C2CCCN(C(=O)COCCc3ccccc3)C2)n1. The monoisotopic (exact) mass is 344 g/mol. The summed E-state index contributed by atoms with van der Waals surface area (Å²) in [6.45, 7) is 4.39. The lowest BCUT2D eigenvalue weighted by Crippen LogP contribution is -2.41. The molecule has 0 bridgehead atoms. The van der Waals surface area contributed by atoms with Gasteiger partial charge in [-0.25, -0.2) is 4.98 Å². The average molecular weight is 344 g/mol. The molecule has 0 radical (unpaired) electrons. The molecule has 1 aromatic carbocycles. The maximum atomic E-state index is 12.4. The smallest absolute Gasteiger partial charge is 0.248 e. The topological polar surface area (TPSA) is 42.4 Å². The number of hydrogen-bond acceptors (Lipinski definition) is 4. The molecule has 1 aromatic heterocycles. The summed E-state index contributed by atoms with van der Waals surface area (Å²) in [7, 11) is 0. The van der Waals surface area contributed by atoms with E-state index in [1.165, 1.54) is 5.56 Å². The van der Waals surface area contributed by atoms with Gasteiger partial charge in [-0.05, 0) is 31.7 Å². The van der Waals surface area contributed by atoms with Crippen LogP contribution in [-0.4, -0.2) is 42.1 Å². The fourth-order valence-electron chi connectivity index (χ4n) is 3.05. The zero-order valence-corrected chi connectivity index (χ0v) is 14.9. The first kappa shape index (κ1) is 17.1. The molecule has 0 saturated carbocycles. The highest BCUT2D eigenvalue weighted by Crippen LogP contribution is 2.29. The van der Waals surface area contributed by atoms with Crippen molar-refractivity contribution in [3.05, 3.63) is 52.0 Å². The van der Waals surface area contributed by atoms with Crippen molar-refractivity contribution in [3.8, 4) is 0 Å². The van der Waals surface area contributed by atoms with Crippen LogP contribution >= 0.6 is 11.3 Å². The van der Waals surface area contributed by atoms with Gasteiger partial charge in [0.2, 0.25) is 5.91 Å². The zero-order valence-electron chi connectivity index (χ0n) is 14.1. The zero-order chi connectivity index (χ0) is 16.8. The molecule has 0 aliphatic carbocycles. The van der Waals surface area contributed by atoms with Gasteiger partial charge >= 0.3 is 0 Å². The third kappa shape index (κ3) is 4.65. The minimum atomic E-state index is 0.0982. The number of nitrogens with zero attached hydrogens (tertiary/aromatic N) is 2. The van der Waals surface area contributed by atoms with E-state index >= 15 is 0 Å². The van der Waals surface area contributed by atoms with E-state index in [2.05, 4.69) is 22.5 Å². The molecule has 2 heterocycles. The Balaban J connectivity index is 1.43. The fraction of sp³-hybridized carbons (Fsp3) is 0.474. The van der Waals surface area contributed by atoms with E-state index in [0.29, 0.717) is 12.5 Å². The van der Waals surface area contributed by atoms with E-state index in [-0.39, 0.29) is 12.5 Å². The first-order valence-electron chi connectivity index (χ1n) is 8.54. The molecular formula is C19H24N2O2S. The summed E-state index contributed by atoms with van der Waals surface area (Å²) in [6.07, 6.45) is 3.00. The number of ether oxygens (including phenoxy) is 1. The lowest BCUT2D eigenvalue weighted by Gasteiger charge is -2.31. The van der Waals surface area contributed by atoms with Crippen molar-refractivity contribution in [2.75, 3.05) is 26.3 Å². The summed E-state index contributed by atoms with van der Waals surface area (Å²) in [5.74, 6) is 0.478. The first-order valence-corrected chi connectivity index (χ1v) is 9.42. The van der Waals surface area contributed by atoms with E-state index in [1.54, 1.807) is 11.3 Å². The van der Waals surface area contributed by atoms with Crippen molar-refractivity contribution in [2.24, 2.45) is 0 Å². The normalized spacial score (nSPS) is 17.9. The second-order valence-corrected chi connectivity index (χ2v) is 7.18. The predicted octanol–water partition coefficient (Wildman–Crippen LogP) is 3.42. The Bertz CT molecular complexity index is 656. The molecule has 1 amide bonds. The molecule has 128 valence electrons. The van der Waals surface area contributed by atoms with E-state index in [0.717, 1.165) is 43.1 Å². The maximum absolute atomic E-state index is 12.4. The third-order valence-electron chi connectivity index (χ3n) is 4.36. The molecule has 1 aliphatic heterocycles. The Labute approximate surface area is 147 Å². The molecule has 0 N–H and O–H groups in total. The van der Waals surface area contributed by atoms with Crippen LogP contribution in [0.5, 0.6) is 0 Å². The van der Waals surface area contributed by atoms with Crippen molar-refractivity contribution in [1.29, 1.82) is 0 Å². The molecule has 1 fully saturated rings. The van der Waals surface area contributed by atoms with Crippen molar-refractivity contribution in [1.82, 2.24) is 9.88 Å². The quantitative estimate of drug-likeness (QED) is 0.754. The molecule has 3 rings (SSSR count). The van der Waals surface area contributed by atoms with Gasteiger partial charge in [-0.3, -0.25) is 4.79 Å². The molecule has 2 aromatic rings. The standard InChI is InChI=1S/C19H24N2O2S/c1-15-14-24-19(20-15)17-8-5-10-21(12-17)18(22)13-23-11-9-16-6-3-2-4-7-16/h2-4,6-7,14,17H,5,8-13H2,1H3. The average Bonchev–Trinajstić information content (AvgIpc) is 3.06. The van der Waals surface area contributed by atoms with Gasteiger partial charge < -0.3 is 9.64 Å². The number of piperidine rings is 1. The van der Waals surface area contributed by atoms with E-state index in [4.69, 9.17) is 4.74 Å². The summed E-state index contributed by atoms with van der Waals surface area (Å²) in [5.41, 5.74) is 2.31. The minimum Gasteiger partial charge on any atom is -0.371 e. The molecule has 24 heavy (non-hydrogen) atoms. The minimum absolute atomic E-state index is 0.0982. The number of carbonyl (C=O) groups excluding carboxylic acids is 1. The Morgan fingerprint density at radius 1 is 1.38 bits per heavy atom. The molecule has 0 spiro atoms. The summed E-state index contributed by atoms with van der Waals surface area (Å²) < 4.78 is 5.59. The van der Waals surface area contributed by atoms with Gasteiger partial charge in [0.1, 0.15) is 6.61 Å². The number of likely N-dealkylation sites (tertiary alicyclic amines) is 1. The van der Waals surface area contributed by atoms with E-state index in [1.807, 2.05) is 30.0 Å². The molecule has 4 nitrogen and oxygen atoms in total. The van der Waals surface area contributed by atoms with E-state index in [9.17, 15) is 4.79 Å². The van der Waals surface area contributed by atoms with Gasteiger partial charge in [-0.2, -0.15) is 0 Å². The molecule has 1 saturated heterocycles. The second-order valence-electron chi connectivity index (χ2n) is 6.29. The van der Waals surface area contributed by atoms with Crippen LogP contribution in [0, 0.1) is 6.92 Å². The van der Waals surface area contributed by atoms with Gasteiger partial charge in [0.25, 0.3) is 0 Å². The number of hydrogen-bond donors (Lipinski definition) is 0. The predicted molar refractivity (Wildman–Crippen MR) is 96.4 cm³/mol. The summed E-state index contributed by atoms with van der Waals surface area (Å²) in [5, 5.41) is 3.25. The largest absolute Gasteiger partial charge is 0.371 e. The van der Waals surface area contributed by atoms with Gasteiger partial charge in [-0.1, -0.05) is 30.3 Å². The van der Waals surface area contributed by atoms with Crippen LogP contribution in [0.4, 0.5) is 0 Å². The summed E-state index contributed by atoms with van der Waals surface area (Å²) in [6, 6.07) is 10.2. The van der Waals surface area contributed by atoms with Crippen molar-refractivity contribution in [3.63, 3.8) is 0 Å². The lowest BCUT2D eigenvalue weighted by molar-refractivity contribution is -0.137. The van der Waals surface area contributed by atoms with Crippen LogP contribution in [0.3, 0.4) is 0 Å². The Morgan fingerprint density at radius 3 is 2.96 bits per heavy atom. The van der Waals surface area contributed by atoms with Gasteiger partial charge in [0.05, 0.1) is 11.6 Å². The Kier molecular flexibility index (Phi) is 5.99. The van der Waals surface area contributed by atoms with Crippen LogP contribution in [-0.2, 0) is 16.0 Å². The van der Waals surface area contributed by atoms with Crippen molar-refractivity contribution < 1.29 is 9.53 Å². The first-order chi connectivity index (χ1) is 11.7. The molecule has 5 heteroatoms. The van der Waals surface area contributed by atoms with Crippen molar-refractivity contribution in [2.45, 2.75) is 32.1 Å². The van der Waals surface area contributed by atoms with E-state index < -0.39 is 0 Å². The molecule has 1 unspecified atom stereocenters. The number of carbonyl (C=O) groups is 1. The molecular weight excluding hydrogens is 320 g/mol. The van der Waals surface area contributed by atoms with Crippen molar-refractivity contribution >= 4 is 17.2 Å². The number of aryl methyl sites for hydroxylation is 1. The highest BCUT2D eigenvalue weighted by molar-refractivity contribution is 7.09. The second kappa shape index (κ2) is 8.40. The van der Waals surface area contributed by atoms with Crippen LogP contribution in [0.1, 0.15) is 35.0 Å². The number of aromatic nitrogens is 1. The Morgan fingerprint density at radius 2 is 2.21 bits per heavy atom. The highest BCUT2D eigenvalue weighted by atomic mass is 32.1. The van der Waals surface area contributed by atoms with Crippen LogP contribution in [0.25, 0.3) is 0 Å². The number of benzene rings is 1. The van der Waals surface area contributed by atoms with Gasteiger partial charge in [-0.15, -0.1) is 11.3 Å². The molecule has 1 aliphatic rings. The highest BCUT2D eigenvalue weighted by Gasteiger charge is 2.26. The summed E-state index contributed by atoms with van der Waals surface area (Å²) >= 11 is 1.71. The maximum Gasteiger partial charge on any atom is 0.248 e. The van der Waals surface area contributed by atoms with Gasteiger partial charge in [0.15, 0.2) is 0 Å². The Hall–Kier alpha value is -1.72. The van der Waals surface area contributed by atoms with Gasteiger partial charge in [0, 0.05) is 30.1 Å². The van der Waals surface area contributed by atoms with Crippen LogP contribution in [0.15, 0.2) is 35.7 Å². The number of thiazole rings is 1. The number of rotatable bonds is 6. The van der Waals surface area contributed by atoms with Crippen LogP contribution < -0.4 is 0 Å².